The summed E-state index contributed by atoms with van der Waals surface area (Å²) >= 11 is 1.07. The molecule has 0 spiro atoms. The fourth-order valence-corrected chi connectivity index (χ4v) is 3.73. The zero-order valence-electron chi connectivity index (χ0n) is 14.0. The number of likely N-dealkylation sites (N-methyl/N-ethyl adjacent to an activating group) is 1. The molecule has 144 valence electrons. The molecule has 3 rings (SSSR count). The number of likely N-dealkylation sites (tertiary alicyclic amines) is 1. The van der Waals surface area contributed by atoms with E-state index >= 15 is 0 Å². The molecule has 0 aromatic carbocycles. The predicted molar refractivity (Wildman–Crippen MR) is 88.7 cm³/mol. The molecule has 0 amide bonds. The van der Waals surface area contributed by atoms with Crippen molar-refractivity contribution in [3.63, 3.8) is 0 Å². The molecule has 0 aliphatic carbocycles. The molecule has 1 aromatic rings. The van der Waals surface area contributed by atoms with E-state index in [4.69, 9.17) is 5.11 Å². The largest absolute Gasteiger partial charge is 0.434 e. The average Bonchev–Trinajstić information content (AvgIpc) is 3.20. The van der Waals surface area contributed by atoms with Crippen LogP contribution in [0.25, 0.3) is 0 Å². The van der Waals surface area contributed by atoms with Crippen LogP contribution >= 0.6 is 11.3 Å². The Labute approximate surface area is 148 Å². The van der Waals surface area contributed by atoms with Crippen molar-refractivity contribution in [1.29, 1.82) is 0 Å². The van der Waals surface area contributed by atoms with Gasteiger partial charge >= 0.3 is 6.18 Å². The van der Waals surface area contributed by atoms with Gasteiger partial charge in [0, 0.05) is 31.1 Å². The Balaban J connectivity index is 0.000000186. The standard InChI is InChI=1S/C8H9F3N2S.C7H15NO3/c9-8(10,11)6-5-14-7(12-6)13-3-1-2-4-13;1-8-3-7(11)6(10)2-5(8)4-9/h5H,1-4H2;5-7,9-11H,2-4H2,1H3/t;5-,6?,7+/m.1/s1. The van der Waals surface area contributed by atoms with Crippen LogP contribution in [-0.2, 0) is 6.18 Å². The highest BCUT2D eigenvalue weighted by Crippen LogP contribution is 2.33. The van der Waals surface area contributed by atoms with E-state index in [9.17, 15) is 23.4 Å². The first-order chi connectivity index (χ1) is 11.7. The van der Waals surface area contributed by atoms with Gasteiger partial charge in [-0.25, -0.2) is 4.98 Å². The lowest BCUT2D eigenvalue weighted by molar-refractivity contribution is -0.140. The van der Waals surface area contributed by atoms with Gasteiger partial charge in [-0.3, -0.25) is 4.90 Å². The van der Waals surface area contributed by atoms with Crippen LogP contribution in [0.15, 0.2) is 5.38 Å². The summed E-state index contributed by atoms with van der Waals surface area (Å²) in [5.74, 6) is 0. The fourth-order valence-electron chi connectivity index (χ4n) is 2.84. The van der Waals surface area contributed by atoms with Gasteiger partial charge in [0.25, 0.3) is 0 Å². The number of aliphatic hydroxyl groups excluding tert-OH is 3. The van der Waals surface area contributed by atoms with Crippen molar-refractivity contribution in [2.24, 2.45) is 0 Å². The number of piperidine rings is 1. The molecule has 6 nitrogen and oxygen atoms in total. The number of hydrogen-bond acceptors (Lipinski definition) is 7. The summed E-state index contributed by atoms with van der Waals surface area (Å²) in [4.78, 5) is 7.34. The zero-order chi connectivity index (χ0) is 18.6. The number of nitrogens with zero attached hydrogens (tertiary/aromatic N) is 3. The maximum absolute atomic E-state index is 12.2. The van der Waals surface area contributed by atoms with E-state index in [2.05, 4.69) is 4.98 Å². The second-order valence-electron chi connectivity index (χ2n) is 6.35. The van der Waals surface area contributed by atoms with Crippen molar-refractivity contribution in [2.45, 2.75) is 43.7 Å². The van der Waals surface area contributed by atoms with Crippen LogP contribution in [0.5, 0.6) is 0 Å². The minimum Gasteiger partial charge on any atom is -0.395 e. The Morgan fingerprint density at radius 2 is 1.88 bits per heavy atom. The van der Waals surface area contributed by atoms with Gasteiger partial charge in [0.15, 0.2) is 10.8 Å². The summed E-state index contributed by atoms with van der Waals surface area (Å²) < 4.78 is 36.6. The Morgan fingerprint density at radius 1 is 1.24 bits per heavy atom. The molecule has 2 fully saturated rings. The number of aliphatic hydroxyl groups is 3. The number of rotatable bonds is 2. The Hall–Kier alpha value is -0.940. The highest BCUT2D eigenvalue weighted by Gasteiger charge is 2.34. The first kappa shape index (κ1) is 20.4. The van der Waals surface area contributed by atoms with Gasteiger partial charge in [-0.1, -0.05) is 0 Å². The lowest BCUT2D eigenvalue weighted by atomic mass is 9.98. The molecule has 1 unspecified atom stereocenters. The molecule has 3 heterocycles. The van der Waals surface area contributed by atoms with E-state index in [-0.39, 0.29) is 12.6 Å². The Morgan fingerprint density at radius 3 is 2.40 bits per heavy atom. The van der Waals surface area contributed by atoms with Gasteiger partial charge in [0.2, 0.25) is 0 Å². The number of aromatic nitrogens is 1. The number of anilines is 1. The summed E-state index contributed by atoms with van der Waals surface area (Å²) in [6, 6.07) is -0.00611. The molecule has 2 saturated heterocycles. The van der Waals surface area contributed by atoms with E-state index in [0.717, 1.165) is 42.6 Å². The third-order valence-corrected chi connectivity index (χ3v) is 5.33. The van der Waals surface area contributed by atoms with Gasteiger partial charge in [-0.15, -0.1) is 11.3 Å². The lowest BCUT2D eigenvalue weighted by Crippen LogP contribution is -2.51. The summed E-state index contributed by atoms with van der Waals surface area (Å²) in [5, 5.41) is 28.8. The van der Waals surface area contributed by atoms with Crippen LogP contribution in [0.4, 0.5) is 18.3 Å². The number of β-amino-alcohol motifs (C(OH)–C–C–N with tert-alkyl or cyclic N) is 1. The summed E-state index contributed by atoms with van der Waals surface area (Å²) in [6.07, 6.45) is -3.11. The number of thiazole rings is 1. The van der Waals surface area contributed by atoms with Gasteiger partial charge in [-0.2, -0.15) is 13.2 Å². The maximum Gasteiger partial charge on any atom is 0.434 e. The molecule has 0 saturated carbocycles. The van der Waals surface area contributed by atoms with Gasteiger partial charge in [-0.05, 0) is 26.3 Å². The third-order valence-electron chi connectivity index (χ3n) is 4.43. The monoisotopic (exact) mass is 383 g/mol. The van der Waals surface area contributed by atoms with E-state index in [1.165, 1.54) is 0 Å². The molecule has 2 aliphatic rings. The van der Waals surface area contributed by atoms with E-state index in [1.54, 1.807) is 0 Å². The topological polar surface area (TPSA) is 80.1 Å². The average molecular weight is 383 g/mol. The second kappa shape index (κ2) is 8.63. The first-order valence-corrected chi connectivity index (χ1v) is 9.05. The lowest BCUT2D eigenvalue weighted by Gasteiger charge is -2.37. The zero-order valence-corrected chi connectivity index (χ0v) is 14.8. The smallest absolute Gasteiger partial charge is 0.395 e. The third kappa shape index (κ3) is 5.52. The quantitative estimate of drug-likeness (QED) is 0.712. The highest BCUT2D eigenvalue weighted by molar-refractivity contribution is 7.13. The van der Waals surface area contributed by atoms with Crippen molar-refractivity contribution >= 4 is 16.5 Å². The molecule has 0 radical (unpaired) electrons. The molecule has 10 heteroatoms. The first-order valence-electron chi connectivity index (χ1n) is 8.17. The van der Waals surface area contributed by atoms with Crippen molar-refractivity contribution in [2.75, 3.05) is 38.2 Å². The van der Waals surface area contributed by atoms with Gasteiger partial charge < -0.3 is 20.2 Å². The van der Waals surface area contributed by atoms with Crippen molar-refractivity contribution in [3.8, 4) is 0 Å². The van der Waals surface area contributed by atoms with Crippen LogP contribution in [-0.4, -0.2) is 76.7 Å². The Bertz CT molecular complexity index is 538. The number of alkyl halides is 3. The van der Waals surface area contributed by atoms with Crippen LogP contribution in [0.1, 0.15) is 25.0 Å². The van der Waals surface area contributed by atoms with Crippen LogP contribution in [0.2, 0.25) is 0 Å². The predicted octanol–water partition coefficient (Wildman–Crippen LogP) is 1.17. The number of halogens is 3. The van der Waals surface area contributed by atoms with Crippen molar-refractivity contribution in [1.82, 2.24) is 9.88 Å². The van der Waals surface area contributed by atoms with E-state index in [0.29, 0.717) is 18.1 Å². The molecule has 1 aromatic heterocycles. The van der Waals surface area contributed by atoms with Gasteiger partial charge in [0.05, 0.1) is 18.8 Å². The normalized spacial score (nSPS) is 28.0. The SMILES string of the molecule is CN1C[C@H](O)C(O)C[C@@H]1CO.FC(F)(F)c1csc(N2CCCC2)n1. The molecule has 25 heavy (non-hydrogen) atoms. The van der Waals surface area contributed by atoms with Gasteiger partial charge in [0.1, 0.15) is 0 Å². The van der Waals surface area contributed by atoms with Crippen LogP contribution < -0.4 is 4.90 Å². The molecule has 3 N–H and O–H groups in total. The molecular formula is C15H24F3N3O3S. The number of hydrogen-bond donors (Lipinski definition) is 3. The minimum atomic E-state index is -4.31. The van der Waals surface area contributed by atoms with Crippen molar-refractivity contribution < 1.29 is 28.5 Å². The highest BCUT2D eigenvalue weighted by atomic mass is 32.1. The maximum atomic E-state index is 12.2. The van der Waals surface area contributed by atoms with Crippen molar-refractivity contribution in [3.05, 3.63) is 11.1 Å². The molecule has 3 atom stereocenters. The summed E-state index contributed by atoms with van der Waals surface area (Å²) in [6.45, 7) is 2.13. The fraction of sp³-hybridized carbons (Fsp3) is 0.800. The minimum absolute atomic E-state index is 0.00611. The summed E-state index contributed by atoms with van der Waals surface area (Å²) in [5.41, 5.74) is -0.774. The van der Waals surface area contributed by atoms with Crippen LogP contribution in [0.3, 0.4) is 0 Å². The Kier molecular flexibility index (Phi) is 7.03. The molecule has 2 aliphatic heterocycles. The summed E-state index contributed by atoms with van der Waals surface area (Å²) in [7, 11) is 1.83. The second-order valence-corrected chi connectivity index (χ2v) is 7.19. The molecular weight excluding hydrogens is 359 g/mol. The van der Waals surface area contributed by atoms with E-state index in [1.807, 2.05) is 16.8 Å². The van der Waals surface area contributed by atoms with E-state index < -0.39 is 24.1 Å². The molecule has 0 bridgehead atoms. The van der Waals surface area contributed by atoms with Crippen LogP contribution in [0, 0.1) is 0 Å².